The van der Waals surface area contributed by atoms with Crippen molar-refractivity contribution in [1.29, 1.82) is 0 Å². The molecule has 2 aliphatic rings. The van der Waals surface area contributed by atoms with Crippen molar-refractivity contribution in [2.75, 3.05) is 10.6 Å². The van der Waals surface area contributed by atoms with E-state index in [0.717, 1.165) is 16.8 Å². The number of aromatic nitrogens is 3. The van der Waals surface area contributed by atoms with Crippen LogP contribution in [0.25, 0.3) is 22.4 Å². The molecule has 0 fully saturated rings. The smallest absolute Gasteiger partial charge is 0.412 e. The third kappa shape index (κ3) is 5.44. The average molecular weight is 602 g/mol. The number of hydrogen-bond acceptors (Lipinski definition) is 6. The number of hydrogen-bond donors (Lipinski definition) is 4. The molecular weight excluding hydrogens is 570 g/mol. The zero-order valence-corrected chi connectivity index (χ0v) is 25.1. The minimum absolute atomic E-state index is 0.0200. The first kappa shape index (κ1) is 28.7. The van der Waals surface area contributed by atoms with E-state index < -0.39 is 17.3 Å². The predicted octanol–water partition coefficient (Wildman–Crippen LogP) is 5.75. The van der Waals surface area contributed by atoms with Crippen LogP contribution in [0.4, 0.5) is 16.2 Å². The Labute approximate surface area is 253 Å². The van der Waals surface area contributed by atoms with Gasteiger partial charge in [-0.05, 0) is 82.9 Å². The fraction of sp³-hybridized carbons (Fsp3) is 0.312. The molecule has 0 spiro atoms. The zero-order chi connectivity index (χ0) is 30.7. The van der Waals surface area contributed by atoms with E-state index in [4.69, 9.17) is 16.3 Å². The lowest BCUT2D eigenvalue weighted by molar-refractivity contribution is -0.620. The Kier molecular flexibility index (Phi) is 6.94. The highest BCUT2D eigenvalue weighted by Crippen LogP contribution is 2.42. The first-order chi connectivity index (χ1) is 20.3. The number of ether oxygens (including phenoxy) is 1. The lowest BCUT2D eigenvalue weighted by Crippen LogP contribution is -2.42. The molecular formula is C32H32ClN5O5. The highest BCUT2D eigenvalue weighted by Gasteiger charge is 2.48. The van der Waals surface area contributed by atoms with Gasteiger partial charge in [0.1, 0.15) is 11.4 Å². The molecule has 0 saturated heterocycles. The zero-order valence-electron chi connectivity index (χ0n) is 24.3. The number of aliphatic hydroxyl groups is 1. The second kappa shape index (κ2) is 10.4. The molecule has 4 N–H and O–H groups in total. The van der Waals surface area contributed by atoms with Crippen LogP contribution in [0, 0.1) is 12.1 Å². The molecule has 1 aliphatic heterocycles. The molecule has 3 heterocycles. The van der Waals surface area contributed by atoms with Crippen LogP contribution in [0.15, 0.2) is 48.7 Å². The Hall–Kier alpha value is -4.41. The fourth-order valence-electron chi connectivity index (χ4n) is 5.82. The number of anilines is 2. The largest absolute Gasteiger partial charge is 0.618 e. The summed E-state index contributed by atoms with van der Waals surface area (Å²) in [5.41, 5.74) is 4.01. The minimum Gasteiger partial charge on any atom is -0.618 e. The summed E-state index contributed by atoms with van der Waals surface area (Å²) in [4.78, 5) is 32.4. The fourth-order valence-corrected chi connectivity index (χ4v) is 5.99. The lowest BCUT2D eigenvalue weighted by atomic mass is 9.98. The Morgan fingerprint density at radius 2 is 1.91 bits per heavy atom. The summed E-state index contributed by atoms with van der Waals surface area (Å²) in [5.74, 6) is 0.251. The van der Waals surface area contributed by atoms with Crippen molar-refractivity contribution in [2.24, 2.45) is 0 Å². The standard InChI is InChI=1S/C32H32ClN5O5/c1-17-27(19-6-5-18-7-10-26(39)35-25(18)14-19)37-29(34-17)32(41)12-11-20-13-21(16-38(42)28(20)32)23-15-22(33)8-9-24(23)36-30(40)43-31(2,3)4/h5-6,8-9,13-16,41H,7,10-12H2,1-4H3,(H,34,37)(H,35,39)(H,36,40). The number of H-pyrrole nitrogens is 1. The van der Waals surface area contributed by atoms with Crippen LogP contribution < -0.4 is 15.4 Å². The maximum absolute atomic E-state index is 13.6. The topological polar surface area (TPSA) is 143 Å². The first-order valence-corrected chi connectivity index (χ1v) is 14.5. The number of imidazole rings is 1. The lowest BCUT2D eigenvalue weighted by Gasteiger charge is -2.21. The third-order valence-corrected chi connectivity index (χ3v) is 7.99. The van der Waals surface area contributed by atoms with Crippen molar-refractivity contribution in [1.82, 2.24) is 9.97 Å². The van der Waals surface area contributed by atoms with E-state index in [-0.39, 0.29) is 23.8 Å². The van der Waals surface area contributed by atoms with Gasteiger partial charge >= 0.3 is 6.09 Å². The summed E-state index contributed by atoms with van der Waals surface area (Å²) in [6.45, 7) is 7.15. The number of aryl methyl sites for hydroxylation is 3. The van der Waals surface area contributed by atoms with E-state index in [2.05, 4.69) is 20.6 Å². The normalized spacial score (nSPS) is 17.7. The van der Waals surface area contributed by atoms with Gasteiger partial charge in [-0.3, -0.25) is 10.1 Å². The van der Waals surface area contributed by atoms with Crippen LogP contribution >= 0.6 is 11.6 Å². The molecule has 1 aliphatic carbocycles. The molecule has 6 rings (SSSR count). The Bertz CT molecular complexity index is 1790. The summed E-state index contributed by atoms with van der Waals surface area (Å²) >= 11 is 6.30. The van der Waals surface area contributed by atoms with Crippen LogP contribution in [0.5, 0.6) is 0 Å². The number of benzene rings is 2. The molecule has 2 aromatic heterocycles. The highest BCUT2D eigenvalue weighted by molar-refractivity contribution is 6.31. The van der Waals surface area contributed by atoms with E-state index >= 15 is 0 Å². The van der Waals surface area contributed by atoms with Gasteiger partial charge in [0.15, 0.2) is 6.20 Å². The van der Waals surface area contributed by atoms with Gasteiger partial charge in [0.05, 0.1) is 17.1 Å². The van der Waals surface area contributed by atoms with Gasteiger partial charge in [0, 0.05) is 39.4 Å². The van der Waals surface area contributed by atoms with Crippen molar-refractivity contribution in [3.05, 3.63) is 87.2 Å². The average Bonchev–Trinajstić information content (AvgIpc) is 3.49. The monoisotopic (exact) mass is 601 g/mol. The number of aromatic amines is 1. The van der Waals surface area contributed by atoms with Crippen molar-refractivity contribution in [2.45, 2.75) is 64.6 Å². The molecule has 0 bridgehead atoms. The van der Waals surface area contributed by atoms with E-state index in [1.54, 1.807) is 39.0 Å². The quantitative estimate of drug-likeness (QED) is 0.173. The maximum Gasteiger partial charge on any atom is 0.412 e. The number of nitrogens with zero attached hydrogens (tertiary/aromatic N) is 2. The van der Waals surface area contributed by atoms with Gasteiger partial charge in [0.2, 0.25) is 17.2 Å². The molecule has 0 saturated carbocycles. The predicted molar refractivity (Wildman–Crippen MR) is 163 cm³/mol. The number of pyridine rings is 1. The van der Waals surface area contributed by atoms with E-state index in [1.165, 1.54) is 6.20 Å². The van der Waals surface area contributed by atoms with Gasteiger partial charge in [-0.2, -0.15) is 4.73 Å². The SMILES string of the molecule is Cc1nc(C2(O)CCc3cc(-c4cc(Cl)ccc4NC(=O)OC(C)(C)C)c[n+]([O-])c32)[nH]c1-c1ccc2c(c1)NC(=O)CC2. The van der Waals surface area contributed by atoms with Crippen molar-refractivity contribution in [3.8, 4) is 22.4 Å². The van der Waals surface area contributed by atoms with E-state index in [0.29, 0.717) is 62.8 Å². The first-order valence-electron chi connectivity index (χ1n) is 14.1. The number of amides is 2. The maximum atomic E-state index is 13.6. The van der Waals surface area contributed by atoms with Gasteiger partial charge in [-0.25, -0.2) is 9.78 Å². The minimum atomic E-state index is -1.65. The van der Waals surface area contributed by atoms with Gasteiger partial charge in [-0.15, -0.1) is 0 Å². The van der Waals surface area contributed by atoms with Crippen LogP contribution in [0.1, 0.15) is 62.0 Å². The highest BCUT2D eigenvalue weighted by atomic mass is 35.5. The van der Waals surface area contributed by atoms with Crippen molar-refractivity contribution >= 4 is 35.0 Å². The van der Waals surface area contributed by atoms with E-state index in [1.807, 2.05) is 31.2 Å². The van der Waals surface area contributed by atoms with Crippen LogP contribution in [-0.4, -0.2) is 32.7 Å². The number of rotatable bonds is 4. The molecule has 2 amide bonds. The van der Waals surface area contributed by atoms with Crippen molar-refractivity contribution < 1.29 is 24.2 Å². The van der Waals surface area contributed by atoms with Crippen LogP contribution in [-0.2, 0) is 28.0 Å². The number of carbonyl (C=O) groups excluding carboxylic acids is 2. The van der Waals surface area contributed by atoms with Gasteiger partial charge in [0.25, 0.3) is 0 Å². The Morgan fingerprint density at radius 1 is 1.12 bits per heavy atom. The second-order valence-corrected chi connectivity index (χ2v) is 12.5. The van der Waals surface area contributed by atoms with Crippen LogP contribution in [0.3, 0.4) is 0 Å². The number of carbonyl (C=O) groups is 2. The van der Waals surface area contributed by atoms with Gasteiger partial charge in [-0.1, -0.05) is 23.7 Å². The molecule has 1 atom stereocenters. The summed E-state index contributed by atoms with van der Waals surface area (Å²) in [5, 5.41) is 31.6. The Morgan fingerprint density at radius 3 is 2.67 bits per heavy atom. The third-order valence-electron chi connectivity index (χ3n) is 7.76. The molecule has 43 heavy (non-hydrogen) atoms. The number of halogens is 1. The summed E-state index contributed by atoms with van der Waals surface area (Å²) in [6.07, 6.45) is 2.55. The summed E-state index contributed by atoms with van der Waals surface area (Å²) in [7, 11) is 0. The summed E-state index contributed by atoms with van der Waals surface area (Å²) in [6, 6.07) is 12.6. The molecule has 11 heteroatoms. The summed E-state index contributed by atoms with van der Waals surface area (Å²) < 4.78 is 6.07. The molecule has 1 unspecified atom stereocenters. The molecule has 222 valence electrons. The van der Waals surface area contributed by atoms with Gasteiger partial charge < -0.3 is 25.4 Å². The molecule has 0 radical (unpaired) electrons. The van der Waals surface area contributed by atoms with E-state index in [9.17, 15) is 19.9 Å². The van der Waals surface area contributed by atoms with Crippen LogP contribution in [0.2, 0.25) is 5.02 Å². The number of fused-ring (bicyclic) bond motifs is 2. The Balaban J connectivity index is 1.35. The number of nitrogens with one attached hydrogen (secondary N) is 3. The molecule has 4 aromatic rings. The molecule has 2 aromatic carbocycles. The second-order valence-electron chi connectivity index (χ2n) is 12.1. The molecule has 10 nitrogen and oxygen atoms in total. The van der Waals surface area contributed by atoms with Crippen molar-refractivity contribution in [3.63, 3.8) is 0 Å².